The van der Waals surface area contributed by atoms with Crippen LogP contribution in [0.4, 0.5) is 13.2 Å². The van der Waals surface area contributed by atoms with E-state index in [2.05, 4.69) is 16.7 Å². The lowest BCUT2D eigenvalue weighted by Crippen LogP contribution is -2.50. The van der Waals surface area contributed by atoms with Gasteiger partial charge in [-0.1, -0.05) is 43.3 Å². The molecular formula is C36H43F3N4O2. The quantitative estimate of drug-likeness (QED) is 0.322. The fourth-order valence-corrected chi connectivity index (χ4v) is 7.39. The number of nitrogens with zero attached hydrogens (tertiary/aromatic N) is 4. The summed E-state index contributed by atoms with van der Waals surface area (Å²) in [6.07, 6.45) is -0.426. The normalized spacial score (nSPS) is 19.7. The molecule has 6 nitrogen and oxygen atoms in total. The molecule has 2 amide bonds. The summed E-state index contributed by atoms with van der Waals surface area (Å²) in [6.45, 7) is 11.3. The van der Waals surface area contributed by atoms with Gasteiger partial charge in [0.15, 0.2) is 0 Å². The first-order chi connectivity index (χ1) is 21.7. The Morgan fingerprint density at radius 3 is 1.96 bits per heavy atom. The monoisotopic (exact) mass is 620 g/mol. The number of carbonyl (C=O) groups excluding carboxylic acids is 2. The smallest absolute Gasteiger partial charge is 0.339 e. The molecule has 0 aromatic heterocycles. The minimum atomic E-state index is -4.49. The predicted octanol–water partition coefficient (Wildman–Crippen LogP) is 6.37. The summed E-state index contributed by atoms with van der Waals surface area (Å²) in [5.74, 6) is 0.871. The Hall–Kier alpha value is -3.43. The van der Waals surface area contributed by atoms with Gasteiger partial charge in [0.05, 0.1) is 5.56 Å². The first kappa shape index (κ1) is 31.5. The maximum atomic E-state index is 13.6. The van der Waals surface area contributed by atoms with Crippen LogP contribution < -0.4 is 0 Å². The average molecular weight is 621 g/mol. The van der Waals surface area contributed by atoms with E-state index in [9.17, 15) is 22.8 Å². The van der Waals surface area contributed by atoms with Crippen molar-refractivity contribution < 1.29 is 22.8 Å². The SMILES string of the molecule is CCN1CCC(CN2CCN(C(=O)c3ccc(C4CCN(C(=O)c5cccc6c(C(F)(F)F)cccc56)CC4)cc3)CC2)CC1. The molecule has 0 spiro atoms. The van der Waals surface area contributed by atoms with Crippen LogP contribution in [-0.2, 0) is 6.18 Å². The van der Waals surface area contributed by atoms with Crippen LogP contribution in [0, 0.1) is 5.92 Å². The van der Waals surface area contributed by atoms with Gasteiger partial charge >= 0.3 is 6.18 Å². The van der Waals surface area contributed by atoms with Crippen molar-refractivity contribution in [1.82, 2.24) is 19.6 Å². The molecule has 0 saturated carbocycles. The van der Waals surface area contributed by atoms with Gasteiger partial charge in [-0.3, -0.25) is 14.5 Å². The average Bonchev–Trinajstić information content (AvgIpc) is 3.07. The number of benzene rings is 3. The zero-order valence-electron chi connectivity index (χ0n) is 26.1. The van der Waals surface area contributed by atoms with E-state index in [4.69, 9.17) is 0 Å². The highest BCUT2D eigenvalue weighted by Crippen LogP contribution is 2.36. The van der Waals surface area contributed by atoms with E-state index in [1.807, 2.05) is 29.2 Å². The molecule has 3 saturated heterocycles. The molecule has 0 radical (unpaired) electrons. The number of likely N-dealkylation sites (tertiary alicyclic amines) is 2. The molecular weight excluding hydrogens is 577 g/mol. The number of alkyl halides is 3. The second kappa shape index (κ2) is 13.5. The number of fused-ring (bicyclic) bond motifs is 1. The van der Waals surface area contributed by atoms with Gasteiger partial charge in [0, 0.05) is 56.9 Å². The van der Waals surface area contributed by atoms with Crippen LogP contribution in [0.5, 0.6) is 0 Å². The standard InChI is InChI=1S/C36H43F3N4O2/c1-2-40-17-13-26(14-18-40)25-41-21-23-43(24-22-41)34(44)29-11-9-27(10-12-29)28-15-19-42(20-16-28)35(45)32-7-3-6-31-30(32)5-4-8-33(31)36(37,38)39/h3-12,26,28H,2,13-25H2,1H3. The summed E-state index contributed by atoms with van der Waals surface area (Å²) in [4.78, 5) is 35.5. The molecule has 0 N–H and O–H groups in total. The highest BCUT2D eigenvalue weighted by molar-refractivity contribution is 6.07. The fraction of sp³-hybridized carbons (Fsp3) is 0.500. The van der Waals surface area contributed by atoms with E-state index in [1.54, 1.807) is 17.0 Å². The number of piperazine rings is 1. The predicted molar refractivity (Wildman–Crippen MR) is 170 cm³/mol. The molecule has 0 aliphatic carbocycles. The number of amides is 2. The van der Waals surface area contributed by atoms with Crippen molar-refractivity contribution in [3.8, 4) is 0 Å². The maximum absolute atomic E-state index is 13.6. The van der Waals surface area contributed by atoms with E-state index in [0.29, 0.717) is 29.6 Å². The van der Waals surface area contributed by atoms with Crippen LogP contribution in [0.2, 0.25) is 0 Å². The lowest BCUT2D eigenvalue weighted by atomic mass is 9.88. The molecule has 3 aliphatic heterocycles. The third-order valence-electron chi connectivity index (χ3n) is 10.2. The van der Waals surface area contributed by atoms with E-state index in [-0.39, 0.29) is 23.1 Å². The molecule has 3 heterocycles. The van der Waals surface area contributed by atoms with Crippen LogP contribution in [0.3, 0.4) is 0 Å². The maximum Gasteiger partial charge on any atom is 0.417 e. The summed E-state index contributed by atoms with van der Waals surface area (Å²) in [5, 5.41) is 0.374. The topological polar surface area (TPSA) is 47.1 Å². The Morgan fingerprint density at radius 1 is 0.689 bits per heavy atom. The third kappa shape index (κ3) is 7.04. The minimum Gasteiger partial charge on any atom is -0.339 e. The van der Waals surface area contributed by atoms with Gasteiger partial charge in [0.2, 0.25) is 0 Å². The lowest BCUT2D eigenvalue weighted by molar-refractivity contribution is -0.136. The molecule has 3 fully saturated rings. The minimum absolute atomic E-state index is 0.0466. The van der Waals surface area contributed by atoms with Crippen molar-refractivity contribution in [2.75, 3.05) is 65.4 Å². The number of piperidine rings is 2. The molecule has 3 aromatic rings. The summed E-state index contributed by atoms with van der Waals surface area (Å²) in [6, 6.07) is 16.5. The van der Waals surface area contributed by atoms with Crippen molar-refractivity contribution in [2.45, 2.75) is 44.7 Å². The molecule has 0 atom stereocenters. The third-order valence-corrected chi connectivity index (χ3v) is 10.2. The number of halogens is 3. The molecule has 6 rings (SSSR count). The van der Waals surface area contributed by atoms with Crippen LogP contribution in [0.1, 0.15) is 70.4 Å². The van der Waals surface area contributed by atoms with Gasteiger partial charge in [-0.15, -0.1) is 0 Å². The first-order valence-corrected chi connectivity index (χ1v) is 16.4. The largest absolute Gasteiger partial charge is 0.417 e. The highest BCUT2D eigenvalue weighted by Gasteiger charge is 2.33. The Morgan fingerprint density at radius 2 is 1.31 bits per heavy atom. The van der Waals surface area contributed by atoms with Gasteiger partial charge in [0.25, 0.3) is 11.8 Å². The van der Waals surface area contributed by atoms with E-state index in [1.165, 1.54) is 44.1 Å². The molecule has 3 aromatic carbocycles. The Bertz CT molecular complexity index is 1480. The van der Waals surface area contributed by atoms with Crippen LogP contribution in [0.15, 0.2) is 60.7 Å². The van der Waals surface area contributed by atoms with Gasteiger partial charge in [-0.05, 0) is 97.8 Å². The highest BCUT2D eigenvalue weighted by atomic mass is 19.4. The lowest BCUT2D eigenvalue weighted by Gasteiger charge is -2.38. The van der Waals surface area contributed by atoms with E-state index < -0.39 is 11.7 Å². The Balaban J connectivity index is 1.00. The zero-order chi connectivity index (χ0) is 31.6. The summed E-state index contributed by atoms with van der Waals surface area (Å²) in [7, 11) is 0. The molecule has 0 unspecified atom stereocenters. The zero-order valence-corrected chi connectivity index (χ0v) is 26.1. The fourth-order valence-electron chi connectivity index (χ4n) is 7.39. The first-order valence-electron chi connectivity index (χ1n) is 16.4. The van der Waals surface area contributed by atoms with Crippen molar-refractivity contribution in [2.24, 2.45) is 5.92 Å². The molecule has 3 aliphatic rings. The van der Waals surface area contributed by atoms with Gasteiger partial charge in [-0.25, -0.2) is 0 Å². The molecule has 45 heavy (non-hydrogen) atoms. The van der Waals surface area contributed by atoms with E-state index in [0.717, 1.165) is 69.7 Å². The number of hydrogen-bond acceptors (Lipinski definition) is 4. The van der Waals surface area contributed by atoms with Crippen LogP contribution >= 0.6 is 0 Å². The molecule has 9 heteroatoms. The summed E-state index contributed by atoms with van der Waals surface area (Å²) < 4.78 is 40.7. The van der Waals surface area contributed by atoms with Crippen molar-refractivity contribution in [3.63, 3.8) is 0 Å². The molecule has 240 valence electrons. The summed E-state index contributed by atoms with van der Waals surface area (Å²) in [5.41, 5.74) is 1.44. The second-order valence-electron chi connectivity index (χ2n) is 12.9. The van der Waals surface area contributed by atoms with Crippen molar-refractivity contribution in [3.05, 3.63) is 82.9 Å². The number of hydrogen-bond donors (Lipinski definition) is 0. The van der Waals surface area contributed by atoms with Gasteiger partial charge < -0.3 is 14.7 Å². The van der Waals surface area contributed by atoms with Crippen LogP contribution in [-0.4, -0.2) is 96.9 Å². The van der Waals surface area contributed by atoms with Crippen molar-refractivity contribution in [1.29, 1.82) is 0 Å². The van der Waals surface area contributed by atoms with Gasteiger partial charge in [-0.2, -0.15) is 13.2 Å². The Labute approximate surface area is 263 Å². The van der Waals surface area contributed by atoms with Gasteiger partial charge in [0.1, 0.15) is 0 Å². The Kier molecular flexibility index (Phi) is 9.47. The van der Waals surface area contributed by atoms with E-state index >= 15 is 0 Å². The number of rotatable bonds is 6. The van der Waals surface area contributed by atoms with Crippen LogP contribution in [0.25, 0.3) is 10.8 Å². The molecule has 0 bridgehead atoms. The summed E-state index contributed by atoms with van der Waals surface area (Å²) >= 11 is 0. The second-order valence-corrected chi connectivity index (χ2v) is 12.9. The van der Waals surface area contributed by atoms with Crippen molar-refractivity contribution >= 4 is 22.6 Å². The number of carbonyl (C=O) groups is 2.